The summed E-state index contributed by atoms with van der Waals surface area (Å²) in [6.07, 6.45) is 1.94. The molecule has 5 heteroatoms. The lowest BCUT2D eigenvalue weighted by Crippen LogP contribution is -2.38. The second kappa shape index (κ2) is 8.70. The largest absolute Gasteiger partial charge is 0.494 e. The Morgan fingerprint density at radius 2 is 1.92 bits per heavy atom. The maximum Gasteiger partial charge on any atom is 0.317 e. The van der Waals surface area contributed by atoms with Crippen molar-refractivity contribution < 1.29 is 13.9 Å². The molecule has 1 aliphatic heterocycles. The standard InChI is InChI=1S/C21H25FN2O2/c1-16-2-8-20(9-3-16)26-13-11-18-10-12-24(15-18)21(25)23-14-17-4-6-19(22)7-5-17/h2-9,18H,10-15H2,1H3,(H,23,25). The molecule has 2 aromatic rings. The van der Waals surface area contributed by atoms with Crippen LogP contribution in [0.25, 0.3) is 0 Å². The average molecular weight is 356 g/mol. The molecule has 26 heavy (non-hydrogen) atoms. The Labute approximate surface area is 154 Å². The van der Waals surface area contributed by atoms with Crippen LogP contribution in [0.5, 0.6) is 5.75 Å². The second-order valence-electron chi connectivity index (χ2n) is 6.84. The van der Waals surface area contributed by atoms with E-state index in [0.29, 0.717) is 19.1 Å². The molecule has 0 spiro atoms. The number of aryl methyl sites for hydroxylation is 1. The number of hydrogen-bond donors (Lipinski definition) is 1. The molecule has 3 rings (SSSR count). The van der Waals surface area contributed by atoms with E-state index in [0.717, 1.165) is 37.2 Å². The third kappa shape index (κ3) is 5.22. The lowest BCUT2D eigenvalue weighted by atomic mass is 10.1. The van der Waals surface area contributed by atoms with Gasteiger partial charge in [-0.2, -0.15) is 0 Å². The van der Waals surface area contributed by atoms with Gasteiger partial charge in [0.1, 0.15) is 11.6 Å². The summed E-state index contributed by atoms with van der Waals surface area (Å²) < 4.78 is 18.7. The van der Waals surface area contributed by atoms with Crippen molar-refractivity contribution >= 4 is 6.03 Å². The maximum absolute atomic E-state index is 12.9. The van der Waals surface area contributed by atoms with Crippen molar-refractivity contribution in [3.05, 3.63) is 65.5 Å². The number of carbonyl (C=O) groups excluding carboxylic acids is 1. The zero-order chi connectivity index (χ0) is 18.4. The van der Waals surface area contributed by atoms with Crippen LogP contribution in [0.1, 0.15) is 24.0 Å². The smallest absolute Gasteiger partial charge is 0.317 e. The molecule has 0 bridgehead atoms. The predicted octanol–water partition coefficient (Wildman–Crippen LogP) is 4.13. The molecule has 0 radical (unpaired) electrons. The zero-order valence-corrected chi connectivity index (χ0v) is 15.1. The maximum atomic E-state index is 12.9. The first kappa shape index (κ1) is 18.2. The SMILES string of the molecule is Cc1ccc(OCCC2CCN(C(=O)NCc3ccc(F)cc3)C2)cc1. The molecule has 1 saturated heterocycles. The van der Waals surface area contributed by atoms with Crippen molar-refractivity contribution in [1.29, 1.82) is 0 Å². The van der Waals surface area contributed by atoms with Crippen molar-refractivity contribution in [1.82, 2.24) is 10.2 Å². The summed E-state index contributed by atoms with van der Waals surface area (Å²) in [5.74, 6) is 1.09. The van der Waals surface area contributed by atoms with Crippen molar-refractivity contribution in [2.45, 2.75) is 26.3 Å². The molecule has 0 saturated carbocycles. The summed E-state index contributed by atoms with van der Waals surface area (Å²) in [4.78, 5) is 14.1. The molecule has 2 aromatic carbocycles. The number of nitrogens with zero attached hydrogens (tertiary/aromatic N) is 1. The van der Waals surface area contributed by atoms with Crippen molar-refractivity contribution in [2.24, 2.45) is 5.92 Å². The fourth-order valence-electron chi connectivity index (χ4n) is 3.12. The van der Waals surface area contributed by atoms with E-state index >= 15 is 0 Å². The van der Waals surface area contributed by atoms with Crippen LogP contribution in [0.2, 0.25) is 0 Å². The normalized spacial score (nSPS) is 16.5. The van der Waals surface area contributed by atoms with E-state index < -0.39 is 0 Å². The average Bonchev–Trinajstić information content (AvgIpc) is 3.12. The van der Waals surface area contributed by atoms with Gasteiger partial charge in [0.15, 0.2) is 0 Å². The van der Waals surface area contributed by atoms with E-state index in [4.69, 9.17) is 4.74 Å². The van der Waals surface area contributed by atoms with Gasteiger partial charge in [0, 0.05) is 19.6 Å². The molecule has 1 fully saturated rings. The molecular formula is C21H25FN2O2. The van der Waals surface area contributed by atoms with E-state index in [1.54, 1.807) is 12.1 Å². The fourth-order valence-corrected chi connectivity index (χ4v) is 3.12. The molecular weight excluding hydrogens is 331 g/mol. The first-order valence-corrected chi connectivity index (χ1v) is 9.07. The number of amides is 2. The highest BCUT2D eigenvalue weighted by molar-refractivity contribution is 5.74. The van der Waals surface area contributed by atoms with Gasteiger partial charge in [0.05, 0.1) is 6.61 Å². The van der Waals surface area contributed by atoms with E-state index in [1.165, 1.54) is 17.7 Å². The minimum atomic E-state index is -0.268. The Bertz CT molecular complexity index is 716. The van der Waals surface area contributed by atoms with Crippen LogP contribution in [0.15, 0.2) is 48.5 Å². The van der Waals surface area contributed by atoms with Gasteiger partial charge >= 0.3 is 6.03 Å². The number of urea groups is 1. The number of likely N-dealkylation sites (tertiary alicyclic amines) is 1. The highest BCUT2D eigenvalue weighted by Gasteiger charge is 2.25. The summed E-state index contributed by atoms with van der Waals surface area (Å²) in [5, 5.41) is 2.90. The molecule has 1 unspecified atom stereocenters. The van der Waals surface area contributed by atoms with E-state index in [-0.39, 0.29) is 11.8 Å². The van der Waals surface area contributed by atoms with Crippen LogP contribution < -0.4 is 10.1 Å². The molecule has 1 heterocycles. The number of hydrogen-bond acceptors (Lipinski definition) is 2. The Morgan fingerprint density at radius 1 is 1.19 bits per heavy atom. The molecule has 1 atom stereocenters. The van der Waals surface area contributed by atoms with Gasteiger partial charge in [-0.25, -0.2) is 9.18 Å². The third-order valence-corrected chi connectivity index (χ3v) is 4.75. The van der Waals surface area contributed by atoms with Crippen LogP contribution in [-0.4, -0.2) is 30.6 Å². The molecule has 0 aliphatic carbocycles. The number of benzene rings is 2. The van der Waals surface area contributed by atoms with Crippen LogP contribution in [0.4, 0.5) is 9.18 Å². The highest BCUT2D eigenvalue weighted by Crippen LogP contribution is 2.20. The first-order valence-electron chi connectivity index (χ1n) is 9.07. The van der Waals surface area contributed by atoms with Crippen molar-refractivity contribution in [3.63, 3.8) is 0 Å². The third-order valence-electron chi connectivity index (χ3n) is 4.75. The van der Waals surface area contributed by atoms with Gasteiger partial charge in [-0.1, -0.05) is 29.8 Å². The minimum Gasteiger partial charge on any atom is -0.494 e. The highest BCUT2D eigenvalue weighted by atomic mass is 19.1. The molecule has 1 N–H and O–H groups in total. The van der Waals surface area contributed by atoms with Gasteiger partial charge in [-0.3, -0.25) is 0 Å². The Hall–Kier alpha value is -2.56. The van der Waals surface area contributed by atoms with Crippen molar-refractivity contribution in [3.8, 4) is 5.75 Å². The monoisotopic (exact) mass is 356 g/mol. The summed E-state index contributed by atoms with van der Waals surface area (Å²) >= 11 is 0. The second-order valence-corrected chi connectivity index (χ2v) is 6.84. The topological polar surface area (TPSA) is 41.6 Å². The quantitative estimate of drug-likeness (QED) is 0.845. The number of carbonyl (C=O) groups is 1. The number of rotatable bonds is 6. The lowest BCUT2D eigenvalue weighted by Gasteiger charge is -2.17. The van der Waals surface area contributed by atoms with Gasteiger partial charge in [-0.05, 0) is 55.5 Å². The summed E-state index contributed by atoms with van der Waals surface area (Å²) in [5.41, 5.74) is 2.11. The lowest BCUT2D eigenvalue weighted by molar-refractivity contribution is 0.204. The van der Waals surface area contributed by atoms with Gasteiger partial charge in [0.25, 0.3) is 0 Å². The fraction of sp³-hybridized carbons (Fsp3) is 0.381. The summed E-state index contributed by atoms with van der Waals surface area (Å²) in [6, 6.07) is 14.2. The molecule has 138 valence electrons. The molecule has 0 aromatic heterocycles. The van der Waals surface area contributed by atoms with E-state index in [2.05, 4.69) is 12.2 Å². The molecule has 4 nitrogen and oxygen atoms in total. The number of nitrogens with one attached hydrogen (secondary N) is 1. The van der Waals surface area contributed by atoms with Crippen LogP contribution in [-0.2, 0) is 6.54 Å². The van der Waals surface area contributed by atoms with Crippen LogP contribution in [0.3, 0.4) is 0 Å². The van der Waals surface area contributed by atoms with Gasteiger partial charge < -0.3 is 15.0 Å². The Morgan fingerprint density at radius 3 is 2.65 bits per heavy atom. The summed E-state index contributed by atoms with van der Waals surface area (Å²) in [7, 11) is 0. The number of halogens is 1. The zero-order valence-electron chi connectivity index (χ0n) is 15.1. The Balaban J connectivity index is 1.36. The van der Waals surface area contributed by atoms with Crippen LogP contribution >= 0.6 is 0 Å². The number of ether oxygens (including phenoxy) is 1. The molecule has 1 aliphatic rings. The van der Waals surface area contributed by atoms with Crippen molar-refractivity contribution in [2.75, 3.05) is 19.7 Å². The van der Waals surface area contributed by atoms with E-state index in [9.17, 15) is 9.18 Å². The Kier molecular flexibility index (Phi) is 6.10. The van der Waals surface area contributed by atoms with E-state index in [1.807, 2.05) is 29.2 Å². The predicted molar refractivity (Wildman–Crippen MR) is 99.6 cm³/mol. The minimum absolute atomic E-state index is 0.0590. The molecule has 2 amide bonds. The summed E-state index contributed by atoms with van der Waals surface area (Å²) in [6.45, 7) is 4.66. The van der Waals surface area contributed by atoms with Crippen LogP contribution in [0, 0.1) is 18.7 Å². The van der Waals surface area contributed by atoms with Gasteiger partial charge in [0.2, 0.25) is 0 Å². The first-order chi connectivity index (χ1) is 12.6. The van der Waals surface area contributed by atoms with Gasteiger partial charge in [-0.15, -0.1) is 0 Å².